The van der Waals surface area contributed by atoms with Gasteiger partial charge < -0.3 is 9.67 Å². The summed E-state index contributed by atoms with van der Waals surface area (Å²) in [5, 5.41) is 25.8. The van der Waals surface area contributed by atoms with Crippen LogP contribution in [0.2, 0.25) is 0 Å². The van der Waals surface area contributed by atoms with Crippen molar-refractivity contribution in [3.63, 3.8) is 0 Å². The van der Waals surface area contributed by atoms with E-state index in [1.807, 2.05) is 18.2 Å². The summed E-state index contributed by atoms with van der Waals surface area (Å²) in [4.78, 5) is 16.0. The monoisotopic (exact) mass is 415 g/mol. The van der Waals surface area contributed by atoms with Crippen molar-refractivity contribution >= 4 is 0 Å². The number of nitriles is 1. The summed E-state index contributed by atoms with van der Waals surface area (Å²) in [6.07, 6.45) is 4.92. The van der Waals surface area contributed by atoms with Crippen molar-refractivity contribution in [1.82, 2.24) is 19.7 Å². The smallest absolute Gasteiger partial charge is 0.242 e. The normalized spacial score (nSPS) is 11.7. The van der Waals surface area contributed by atoms with E-state index in [1.165, 1.54) is 12.1 Å². The van der Waals surface area contributed by atoms with Crippen LogP contribution in [0.15, 0.2) is 71.9 Å². The molecule has 0 radical (unpaired) electrons. The molecule has 0 saturated heterocycles. The molecule has 154 valence electrons. The highest BCUT2D eigenvalue weighted by molar-refractivity contribution is 5.57. The Balaban J connectivity index is 1.67. The summed E-state index contributed by atoms with van der Waals surface area (Å²) in [6, 6.07) is 15.8. The molecule has 0 aliphatic carbocycles. The molecule has 0 spiro atoms. The van der Waals surface area contributed by atoms with Crippen molar-refractivity contribution in [1.29, 1.82) is 5.26 Å². The summed E-state index contributed by atoms with van der Waals surface area (Å²) >= 11 is 0. The Hall–Kier alpha value is -4.25. The highest BCUT2D eigenvalue weighted by Gasteiger charge is 2.18. The quantitative estimate of drug-likeness (QED) is 0.501. The fraction of sp³-hybridized carbons (Fsp3) is 0.130. The number of H-pyrrole nitrogens is 1. The molecule has 0 fully saturated rings. The van der Waals surface area contributed by atoms with E-state index >= 15 is 0 Å². The topological polar surface area (TPSA) is 108 Å². The maximum Gasteiger partial charge on any atom is 0.242 e. The highest BCUT2D eigenvalue weighted by Crippen LogP contribution is 2.30. The number of hydrogen-bond donors (Lipinski definition) is 2. The van der Waals surface area contributed by atoms with Crippen molar-refractivity contribution in [2.75, 3.05) is 0 Å². The van der Waals surface area contributed by atoms with Crippen molar-refractivity contribution in [2.24, 2.45) is 0 Å². The van der Waals surface area contributed by atoms with Crippen LogP contribution in [0.4, 0.5) is 4.39 Å². The molecule has 1 unspecified atom stereocenters. The molecule has 2 heterocycles. The van der Waals surface area contributed by atoms with Gasteiger partial charge >= 0.3 is 0 Å². The van der Waals surface area contributed by atoms with Crippen LogP contribution >= 0.6 is 0 Å². The lowest BCUT2D eigenvalue weighted by atomic mass is 9.87. The zero-order valence-corrected chi connectivity index (χ0v) is 16.4. The first-order chi connectivity index (χ1) is 15.1. The molecule has 4 aromatic rings. The van der Waals surface area contributed by atoms with Gasteiger partial charge in [0.15, 0.2) is 11.6 Å². The Morgan fingerprint density at radius 3 is 2.77 bits per heavy atom. The van der Waals surface area contributed by atoms with E-state index in [2.05, 4.69) is 21.3 Å². The van der Waals surface area contributed by atoms with E-state index in [9.17, 15) is 19.6 Å². The van der Waals surface area contributed by atoms with Gasteiger partial charge in [-0.25, -0.2) is 9.37 Å². The first-order valence-corrected chi connectivity index (χ1v) is 9.60. The molecule has 0 aliphatic rings. The average molecular weight is 415 g/mol. The molecule has 31 heavy (non-hydrogen) atoms. The number of nitrogens with zero attached hydrogens (tertiary/aromatic N) is 4. The molecule has 2 aromatic heterocycles. The fourth-order valence-electron chi connectivity index (χ4n) is 3.58. The molecular weight excluding hydrogens is 397 g/mol. The molecule has 1 atom stereocenters. The van der Waals surface area contributed by atoms with Gasteiger partial charge in [0.2, 0.25) is 5.43 Å². The summed E-state index contributed by atoms with van der Waals surface area (Å²) in [5.41, 5.74) is 1.94. The first-order valence-electron chi connectivity index (χ1n) is 9.60. The third-order valence-electron chi connectivity index (χ3n) is 5.12. The van der Waals surface area contributed by atoms with Crippen LogP contribution in [-0.4, -0.2) is 24.9 Å². The van der Waals surface area contributed by atoms with Crippen LogP contribution in [0.1, 0.15) is 29.0 Å². The van der Waals surface area contributed by atoms with Crippen LogP contribution in [0.5, 0.6) is 5.75 Å². The standard InChI is InChI=1S/C23H18FN5O2/c24-18-6-4-16(5-7-18)19(17-3-1-2-15(12-17)13-25)8-10-29-11-9-26-23(29)21-22(31)20(30)14-27-28-21/h1-7,9,11-12,14,19H,8,10H2,(H,27,31)(H,28,30). The van der Waals surface area contributed by atoms with E-state index in [0.29, 0.717) is 24.4 Å². The number of hydrogen-bond acceptors (Lipinski definition) is 5. The Morgan fingerprint density at radius 2 is 2.00 bits per heavy atom. The summed E-state index contributed by atoms with van der Waals surface area (Å²) in [5.74, 6) is -0.488. The number of aromatic hydroxyl groups is 1. The highest BCUT2D eigenvalue weighted by atomic mass is 19.1. The molecule has 0 aliphatic heterocycles. The first kappa shape index (κ1) is 20.0. The lowest BCUT2D eigenvalue weighted by molar-refractivity contribution is 0.466. The van der Waals surface area contributed by atoms with Crippen molar-refractivity contribution < 1.29 is 9.50 Å². The molecule has 0 amide bonds. The van der Waals surface area contributed by atoms with Gasteiger partial charge in [-0.3, -0.25) is 9.89 Å². The summed E-state index contributed by atoms with van der Waals surface area (Å²) < 4.78 is 15.3. The van der Waals surface area contributed by atoms with Gasteiger partial charge in [0, 0.05) is 24.9 Å². The van der Waals surface area contributed by atoms with Gasteiger partial charge in [-0.2, -0.15) is 10.4 Å². The van der Waals surface area contributed by atoms with E-state index in [0.717, 1.165) is 17.3 Å². The molecule has 2 N–H and O–H groups in total. The SMILES string of the molecule is N#Cc1cccc(C(CCn2ccnc2-c2[nH]ncc(=O)c2O)c2ccc(F)cc2)c1. The predicted octanol–water partition coefficient (Wildman–Crippen LogP) is 3.57. The van der Waals surface area contributed by atoms with Gasteiger partial charge in [-0.05, 0) is 41.8 Å². The molecule has 7 nitrogen and oxygen atoms in total. The number of aromatic nitrogens is 4. The molecule has 0 saturated carbocycles. The third-order valence-corrected chi connectivity index (χ3v) is 5.12. The third kappa shape index (κ3) is 4.21. The van der Waals surface area contributed by atoms with E-state index < -0.39 is 11.2 Å². The molecule has 0 bridgehead atoms. The summed E-state index contributed by atoms with van der Waals surface area (Å²) in [7, 11) is 0. The molecule has 2 aromatic carbocycles. The number of aromatic amines is 1. The molecule has 4 rings (SSSR count). The minimum Gasteiger partial charge on any atom is -0.503 e. The molecule has 8 heteroatoms. The van der Waals surface area contributed by atoms with Gasteiger partial charge in [0.1, 0.15) is 11.5 Å². The van der Waals surface area contributed by atoms with E-state index in [1.54, 1.807) is 35.2 Å². The Bertz CT molecular complexity index is 1300. The number of rotatable bonds is 6. The van der Waals surface area contributed by atoms with Gasteiger partial charge in [0.05, 0.1) is 17.8 Å². The predicted molar refractivity (Wildman–Crippen MR) is 112 cm³/mol. The Labute approximate surface area is 177 Å². The second-order valence-electron chi connectivity index (χ2n) is 7.03. The number of aryl methyl sites for hydroxylation is 1. The van der Waals surface area contributed by atoms with Gasteiger partial charge in [-0.1, -0.05) is 24.3 Å². The van der Waals surface area contributed by atoms with Crippen molar-refractivity contribution in [2.45, 2.75) is 18.9 Å². The second kappa shape index (κ2) is 8.63. The number of halogens is 1. The Morgan fingerprint density at radius 1 is 1.19 bits per heavy atom. The van der Waals surface area contributed by atoms with Crippen molar-refractivity contribution in [3.05, 3.63) is 99.9 Å². The van der Waals surface area contributed by atoms with Crippen LogP contribution in [0.25, 0.3) is 11.5 Å². The zero-order chi connectivity index (χ0) is 21.8. The maximum absolute atomic E-state index is 13.5. The minimum atomic E-state index is -0.596. The lowest BCUT2D eigenvalue weighted by Gasteiger charge is -2.19. The van der Waals surface area contributed by atoms with Gasteiger partial charge in [-0.15, -0.1) is 0 Å². The Kier molecular flexibility index (Phi) is 5.58. The van der Waals surface area contributed by atoms with E-state index in [-0.39, 0.29) is 17.4 Å². The number of imidazole rings is 1. The zero-order valence-electron chi connectivity index (χ0n) is 16.4. The van der Waals surface area contributed by atoms with E-state index in [4.69, 9.17) is 0 Å². The largest absolute Gasteiger partial charge is 0.503 e. The lowest BCUT2D eigenvalue weighted by Crippen LogP contribution is -2.10. The maximum atomic E-state index is 13.5. The van der Waals surface area contributed by atoms with Crippen LogP contribution in [0.3, 0.4) is 0 Å². The average Bonchev–Trinajstić information content (AvgIpc) is 3.25. The van der Waals surface area contributed by atoms with Crippen LogP contribution < -0.4 is 5.43 Å². The fourth-order valence-corrected chi connectivity index (χ4v) is 3.58. The number of benzene rings is 2. The van der Waals surface area contributed by atoms with Crippen molar-refractivity contribution in [3.8, 4) is 23.3 Å². The molecular formula is C23H18FN5O2. The number of nitrogens with one attached hydrogen (secondary N) is 1. The van der Waals surface area contributed by atoms with Crippen LogP contribution in [-0.2, 0) is 6.54 Å². The van der Waals surface area contributed by atoms with Crippen LogP contribution in [0, 0.1) is 17.1 Å². The second-order valence-corrected chi connectivity index (χ2v) is 7.03. The minimum absolute atomic E-state index is 0.106. The summed E-state index contributed by atoms with van der Waals surface area (Å²) in [6.45, 7) is 0.491. The van der Waals surface area contributed by atoms with Gasteiger partial charge in [0.25, 0.3) is 0 Å².